The first-order valence-electron chi connectivity index (χ1n) is 38.4. The van der Waals surface area contributed by atoms with E-state index in [0.717, 1.165) is 42.4 Å². The fourth-order valence-corrected chi connectivity index (χ4v) is 14.4. The molecule has 6 atom stereocenters. The lowest BCUT2D eigenvalue weighted by atomic mass is 9.84. The second-order valence-corrected chi connectivity index (χ2v) is 37.6. The fourth-order valence-electron chi connectivity index (χ4n) is 12.7. The molecule has 120 heavy (non-hydrogen) atoms. The number of ether oxygens (including phenoxy) is 1. The lowest BCUT2D eigenvalue weighted by Crippen LogP contribution is -2.35. The van der Waals surface area contributed by atoms with Crippen molar-refractivity contribution in [3.8, 4) is 0 Å². The van der Waals surface area contributed by atoms with Crippen LogP contribution < -0.4 is 72.6 Å². The van der Waals surface area contributed by atoms with Crippen molar-refractivity contribution in [3.05, 3.63) is 202 Å². The maximum absolute atomic E-state index is 12.4. The number of aliphatic hydroxyl groups excluding tert-OH is 3. The highest BCUT2D eigenvalue weighted by atomic mass is 35.5. The monoisotopic (exact) mass is 1750 g/mol. The Bertz CT molecular complexity index is 5030. The predicted molar refractivity (Wildman–Crippen MR) is 465 cm³/mol. The molecule has 0 radical (unpaired) electrons. The van der Waals surface area contributed by atoms with Gasteiger partial charge in [0, 0.05) is 39.7 Å². The number of hydrogen-bond donors (Lipinski definition) is 11. The number of halogens is 3. The minimum Gasteiger partial charge on any atom is -0.465 e. The molecule has 6 heterocycles. The van der Waals surface area contributed by atoms with Crippen molar-refractivity contribution in [1.82, 2.24) is 32.6 Å². The van der Waals surface area contributed by atoms with Crippen LogP contribution in [-0.4, -0.2) is 164 Å². The van der Waals surface area contributed by atoms with Crippen molar-refractivity contribution in [1.29, 1.82) is 0 Å². The summed E-state index contributed by atoms with van der Waals surface area (Å²) in [4.78, 5) is 95.0. The Kier molecular flexibility index (Phi) is 31.5. The molecule has 36 heteroatoms. The number of nitrogens with zero attached hydrogens (tertiary/aromatic N) is 6. The molecule has 0 saturated carbocycles. The lowest BCUT2D eigenvalue weighted by Gasteiger charge is -2.22. The first-order valence-corrected chi connectivity index (χ1v) is 43.2. The molecule has 7 aromatic rings. The van der Waals surface area contributed by atoms with E-state index in [1.165, 1.54) is 18.1 Å². The van der Waals surface area contributed by atoms with Gasteiger partial charge in [-0.15, -0.1) is 0 Å². The number of anilines is 8. The van der Waals surface area contributed by atoms with Crippen molar-refractivity contribution in [2.24, 2.45) is 37.9 Å². The Labute approximate surface area is 715 Å². The molecule has 0 spiro atoms. The van der Waals surface area contributed by atoms with E-state index < -0.39 is 58.0 Å². The standard InChI is InChI=1S/C17H17ClN2O.C17H25N3O5S.C14H20N2O2.C13H16N2O3.C12H17N3O4S.C11H12Cl2N2O2/c1-17(11-13-5-3-2-4-6-13)12-20(19-16(17)21)15-9-7-14(18)8-10-15;1-16(2,3)14(21)18-12-7-6-8-13(9-12)20-10-17(4,15(22)19-20)11-25-26(5,23)24;1-3-11-4-6-12(7-5-11)16-10-14(2,8-9-17)13(18)15-16;1-10(16)18-9-13(2)8-15(14-12(13)17)11-6-4-3-5-7-11;1-12(8-16)7-15(13-11(12)17)10-5-3-4-9(6-10)14-20(2,18)19;1-11(6-16)5-15(14-10(11)17)9-3-7(12)2-8(13)4-9/h2-10H,11-12H2,1H3,(H,19,21);6-9H,10-11H2,1-5H3,(H,18,21)(H,19,22);4-7,17H,3,8-10H2,1-2H3,(H,15,18);3-7H,8-9H2,1-2H3,(H,14,17);3-6,14,16H,7-8H2,1-2H3,(H,13,17);2-4,16H,5-6H2,1H3,(H,14,17). The highest BCUT2D eigenvalue weighted by molar-refractivity contribution is 7.92. The Morgan fingerprint density at radius 1 is 0.442 bits per heavy atom. The highest BCUT2D eigenvalue weighted by Crippen LogP contribution is 2.37. The molecule has 7 aromatic carbocycles. The summed E-state index contributed by atoms with van der Waals surface area (Å²) < 4.78 is 57.0. The van der Waals surface area contributed by atoms with Gasteiger partial charge in [0.15, 0.2) is 0 Å². The molecule has 31 nitrogen and oxygen atoms in total. The third kappa shape index (κ3) is 26.0. The van der Waals surface area contributed by atoms with Crippen LogP contribution in [0.1, 0.15) is 93.7 Å². The number of para-hydroxylation sites is 1. The molecule has 11 N–H and O–H groups in total. The Balaban J connectivity index is 0.000000180. The summed E-state index contributed by atoms with van der Waals surface area (Å²) in [7, 11) is -6.99. The summed E-state index contributed by atoms with van der Waals surface area (Å²) in [6.45, 7) is 21.7. The van der Waals surface area contributed by atoms with Crippen LogP contribution in [0.25, 0.3) is 0 Å². The molecule has 6 aliphatic rings. The molecular weight excluding hydrogens is 1650 g/mol. The molecule has 6 aliphatic heterocycles. The number of hydrazine groups is 6. The third-order valence-corrected chi connectivity index (χ3v) is 22.2. The topological polar surface area (TPSA) is 400 Å². The second-order valence-electron chi connectivity index (χ2n) is 32.9. The quantitative estimate of drug-likeness (QED) is 0.0236. The fraction of sp³-hybridized carbons (Fsp3) is 0.405. The Hall–Kier alpha value is -10.5. The maximum Gasteiger partial charge on any atom is 0.302 e. The summed E-state index contributed by atoms with van der Waals surface area (Å²) >= 11 is 17.7. The predicted octanol–water partition coefficient (Wildman–Crippen LogP) is 9.29. The van der Waals surface area contributed by atoms with Crippen LogP contribution in [-0.2, 0) is 80.3 Å². The highest BCUT2D eigenvalue weighted by Gasteiger charge is 2.48. The number of sulfonamides is 1. The van der Waals surface area contributed by atoms with Crippen LogP contribution in [0.15, 0.2) is 176 Å². The molecule has 6 unspecified atom stereocenters. The Morgan fingerprint density at radius 2 is 0.817 bits per heavy atom. The van der Waals surface area contributed by atoms with Gasteiger partial charge in [-0.3, -0.25) is 110 Å². The second kappa shape index (κ2) is 39.8. The molecule has 6 fully saturated rings. The van der Waals surface area contributed by atoms with Crippen LogP contribution in [0, 0.1) is 37.9 Å². The van der Waals surface area contributed by atoms with Crippen molar-refractivity contribution in [2.75, 3.05) is 125 Å². The summed E-state index contributed by atoms with van der Waals surface area (Å²) in [6.07, 6.45) is 4.24. The average Bonchev–Trinajstić information content (AvgIpc) is 1.67. The lowest BCUT2D eigenvalue weighted by molar-refractivity contribution is -0.146. The number of amides is 7. The van der Waals surface area contributed by atoms with E-state index in [0.29, 0.717) is 82.6 Å². The number of carbonyl (C=O) groups is 8. The number of nitrogens with one attached hydrogen (secondary N) is 8. The van der Waals surface area contributed by atoms with Crippen LogP contribution in [0.3, 0.4) is 0 Å². The summed E-state index contributed by atoms with van der Waals surface area (Å²) in [5.41, 5.74) is 20.2. The van der Waals surface area contributed by atoms with Gasteiger partial charge >= 0.3 is 5.97 Å². The number of rotatable bonds is 21. The third-order valence-electron chi connectivity index (χ3n) is 20.3. The van der Waals surface area contributed by atoms with Crippen LogP contribution in [0.4, 0.5) is 45.5 Å². The van der Waals surface area contributed by atoms with E-state index in [-0.39, 0.29) is 86.9 Å². The SMILES string of the molecule is CC(=O)OCC1(C)CN(c2ccccc2)NC1=O.CC(C)(C)C(=O)Nc1cccc(N2CC(C)(COS(C)(=O)=O)C(=O)N2)c1.CC1(CO)CN(c2cc(Cl)cc(Cl)c2)NC1=O.CC1(CO)CN(c2cccc(NS(C)(=O)=O)c2)NC1=O.CC1(Cc2ccccc2)CN(c2ccc(Cl)cc2)NC1=O.CCc1ccc(N2CC(C)(CCO)C(=O)N2)cc1. The number of hydrogen-bond acceptors (Lipinski definition) is 23. The van der Waals surface area contributed by atoms with E-state index in [2.05, 4.69) is 73.8 Å². The van der Waals surface area contributed by atoms with Gasteiger partial charge < -0.3 is 25.4 Å². The van der Waals surface area contributed by atoms with E-state index in [1.54, 1.807) is 114 Å². The molecule has 13 rings (SSSR count). The van der Waals surface area contributed by atoms with Gasteiger partial charge in [-0.1, -0.05) is 135 Å². The average molecular weight is 1760 g/mol. The zero-order valence-electron chi connectivity index (χ0n) is 69.3. The van der Waals surface area contributed by atoms with E-state index >= 15 is 0 Å². The van der Waals surface area contributed by atoms with E-state index in [1.807, 2.05) is 130 Å². The van der Waals surface area contributed by atoms with Crippen molar-refractivity contribution >= 4 is 148 Å². The first-order chi connectivity index (χ1) is 56.1. The van der Waals surface area contributed by atoms with E-state index in [4.69, 9.17) is 48.8 Å². The molecule has 7 amide bonds. The Morgan fingerprint density at radius 3 is 1.25 bits per heavy atom. The summed E-state index contributed by atoms with van der Waals surface area (Å²) in [5, 5.41) is 42.4. The molecule has 0 aliphatic carbocycles. The van der Waals surface area contributed by atoms with E-state index in [9.17, 15) is 65.4 Å². The molecule has 648 valence electrons. The van der Waals surface area contributed by atoms with Gasteiger partial charge in [0.05, 0.1) is 138 Å². The number of aryl methyl sites for hydroxylation is 1. The molecule has 6 saturated heterocycles. The van der Waals surface area contributed by atoms with Crippen molar-refractivity contribution < 1.29 is 79.4 Å². The normalized spacial score (nSPS) is 22.4. The summed E-state index contributed by atoms with van der Waals surface area (Å²) in [5.74, 6) is -1.39. The van der Waals surface area contributed by atoms with Crippen LogP contribution >= 0.6 is 34.8 Å². The number of aliphatic hydroxyl groups is 3. The molecule has 0 aromatic heterocycles. The van der Waals surface area contributed by atoms with Crippen molar-refractivity contribution in [2.45, 2.75) is 95.4 Å². The van der Waals surface area contributed by atoms with Gasteiger partial charge in [0.1, 0.15) is 12.0 Å². The van der Waals surface area contributed by atoms with Gasteiger partial charge in [0.2, 0.25) is 51.4 Å². The molecular formula is C84H107Cl3N14O17S2. The number of carbonyl (C=O) groups excluding carboxylic acids is 8. The smallest absolute Gasteiger partial charge is 0.302 e. The maximum atomic E-state index is 12.4. The molecule has 0 bridgehead atoms. The summed E-state index contributed by atoms with van der Waals surface area (Å²) in [6, 6.07) is 54.1. The van der Waals surface area contributed by atoms with Crippen LogP contribution in [0.5, 0.6) is 0 Å². The minimum atomic E-state index is -3.64. The van der Waals surface area contributed by atoms with Crippen molar-refractivity contribution in [3.63, 3.8) is 0 Å². The zero-order chi connectivity index (χ0) is 88.6. The van der Waals surface area contributed by atoms with Gasteiger partial charge in [-0.25, -0.2) is 8.42 Å². The van der Waals surface area contributed by atoms with Crippen LogP contribution in [0.2, 0.25) is 15.1 Å². The number of esters is 1. The zero-order valence-corrected chi connectivity index (χ0v) is 73.2. The first kappa shape index (κ1) is 95.0. The van der Waals surface area contributed by atoms with Gasteiger partial charge in [-0.05, 0) is 175 Å². The minimum absolute atomic E-state index is 0.0175. The van der Waals surface area contributed by atoms with Gasteiger partial charge in [0.25, 0.3) is 10.1 Å². The van der Waals surface area contributed by atoms with Gasteiger partial charge in [-0.2, -0.15) is 8.42 Å². The largest absolute Gasteiger partial charge is 0.465 e. The number of benzene rings is 7.